The zero-order chi connectivity index (χ0) is 30.7. The van der Waals surface area contributed by atoms with Crippen LogP contribution in [0, 0.1) is 0 Å². The first-order chi connectivity index (χ1) is 21.6. The van der Waals surface area contributed by atoms with Gasteiger partial charge in [-0.25, -0.2) is 0 Å². The van der Waals surface area contributed by atoms with E-state index in [0.717, 1.165) is 40.6 Å². The number of anilines is 4. The molecule has 0 aliphatic carbocycles. The molecule has 0 heterocycles. The van der Waals surface area contributed by atoms with Gasteiger partial charge >= 0.3 is 0 Å². The first-order valence-electron chi connectivity index (χ1n) is 14.9. The lowest BCUT2D eigenvalue weighted by atomic mass is 9.99. The number of para-hydroxylation sites is 2. The molecule has 216 valence electrons. The van der Waals surface area contributed by atoms with Crippen LogP contribution in [0.5, 0.6) is 0 Å². The van der Waals surface area contributed by atoms with Gasteiger partial charge in [-0.15, -0.1) is 0 Å². The van der Waals surface area contributed by atoms with Gasteiger partial charge in [-0.3, -0.25) is 0 Å². The summed E-state index contributed by atoms with van der Waals surface area (Å²) in [6.45, 7) is 14.4. The SMILES string of the molecule is C=C/C=C\C(=C)N(c1ccccc1)c1ccc(-c2ccc(Cc3ccc(N(C(=C)/C=C\C)c4ccccc4)cc3)cc2)cc1. The van der Waals surface area contributed by atoms with Crippen molar-refractivity contribution in [1.29, 1.82) is 0 Å². The number of rotatable bonds is 12. The van der Waals surface area contributed by atoms with E-state index in [9.17, 15) is 0 Å². The molecule has 5 aromatic rings. The second kappa shape index (κ2) is 14.5. The molecule has 0 bridgehead atoms. The largest absolute Gasteiger partial charge is 0.311 e. The van der Waals surface area contributed by atoms with Crippen molar-refractivity contribution in [2.24, 2.45) is 0 Å². The Kier molecular flexibility index (Phi) is 9.87. The summed E-state index contributed by atoms with van der Waals surface area (Å²) in [5.74, 6) is 0. The van der Waals surface area contributed by atoms with Crippen LogP contribution >= 0.6 is 0 Å². The molecule has 0 aromatic heterocycles. The molecule has 0 atom stereocenters. The molecule has 0 amide bonds. The molecule has 5 aromatic carbocycles. The molecule has 5 rings (SSSR count). The van der Waals surface area contributed by atoms with Crippen molar-refractivity contribution >= 4 is 22.7 Å². The zero-order valence-electron chi connectivity index (χ0n) is 25.3. The lowest BCUT2D eigenvalue weighted by molar-refractivity contribution is 1.17. The Hall–Kier alpha value is -5.60. The quantitative estimate of drug-likeness (QED) is 0.138. The summed E-state index contributed by atoms with van der Waals surface area (Å²) in [6.07, 6.45) is 10.6. The average Bonchev–Trinajstić information content (AvgIpc) is 3.07. The minimum absolute atomic E-state index is 0.868. The third-order valence-electron chi connectivity index (χ3n) is 7.40. The van der Waals surface area contributed by atoms with Gasteiger partial charge in [0.15, 0.2) is 0 Å². The van der Waals surface area contributed by atoms with Crippen LogP contribution in [-0.2, 0) is 6.42 Å². The minimum Gasteiger partial charge on any atom is -0.311 e. The lowest BCUT2D eigenvalue weighted by Crippen LogP contribution is -2.14. The van der Waals surface area contributed by atoms with Crippen molar-refractivity contribution in [3.05, 3.63) is 206 Å². The second-order valence-corrected chi connectivity index (χ2v) is 10.5. The Labute approximate surface area is 262 Å². The van der Waals surface area contributed by atoms with Crippen LogP contribution in [-0.4, -0.2) is 0 Å². The number of benzene rings is 5. The van der Waals surface area contributed by atoms with Crippen LogP contribution in [0.3, 0.4) is 0 Å². The van der Waals surface area contributed by atoms with Crippen LogP contribution in [0.2, 0.25) is 0 Å². The number of nitrogens with zero attached hydrogens (tertiary/aromatic N) is 2. The first-order valence-corrected chi connectivity index (χ1v) is 14.9. The van der Waals surface area contributed by atoms with Crippen molar-refractivity contribution in [2.75, 3.05) is 9.80 Å². The highest BCUT2D eigenvalue weighted by Gasteiger charge is 2.13. The van der Waals surface area contributed by atoms with E-state index in [2.05, 4.69) is 139 Å². The molecule has 0 saturated heterocycles. The van der Waals surface area contributed by atoms with E-state index in [-0.39, 0.29) is 0 Å². The molecule has 0 spiro atoms. The Bertz CT molecular complexity index is 1740. The Morgan fingerprint density at radius 3 is 1.36 bits per heavy atom. The maximum Gasteiger partial charge on any atom is 0.0461 e. The van der Waals surface area contributed by atoms with Gasteiger partial charge < -0.3 is 9.80 Å². The summed E-state index contributed by atoms with van der Waals surface area (Å²) >= 11 is 0. The average molecular weight is 571 g/mol. The van der Waals surface area contributed by atoms with E-state index in [4.69, 9.17) is 0 Å². The number of hydrogen-bond acceptors (Lipinski definition) is 2. The highest BCUT2D eigenvalue weighted by molar-refractivity contribution is 5.74. The monoisotopic (exact) mass is 570 g/mol. The van der Waals surface area contributed by atoms with E-state index < -0.39 is 0 Å². The molecule has 0 unspecified atom stereocenters. The van der Waals surface area contributed by atoms with Crippen LogP contribution < -0.4 is 9.80 Å². The topological polar surface area (TPSA) is 6.48 Å². The van der Waals surface area contributed by atoms with Gasteiger partial charge in [0.1, 0.15) is 0 Å². The van der Waals surface area contributed by atoms with Crippen LogP contribution in [0.25, 0.3) is 11.1 Å². The fraction of sp³-hybridized carbons (Fsp3) is 0.0476. The molecule has 0 N–H and O–H groups in total. The molecule has 0 fully saturated rings. The summed E-state index contributed by atoms with van der Waals surface area (Å²) in [6, 6.07) is 46.9. The Balaban J connectivity index is 1.30. The van der Waals surface area contributed by atoms with E-state index in [1.807, 2.05) is 55.5 Å². The Morgan fingerprint density at radius 2 is 0.909 bits per heavy atom. The molecular formula is C42H38N2. The maximum atomic E-state index is 4.29. The summed E-state index contributed by atoms with van der Waals surface area (Å²) in [5.41, 5.74) is 11.0. The van der Waals surface area contributed by atoms with Gasteiger partial charge in [0.2, 0.25) is 0 Å². The minimum atomic E-state index is 0.868. The molecule has 2 nitrogen and oxygen atoms in total. The molecule has 2 heteroatoms. The molecule has 44 heavy (non-hydrogen) atoms. The van der Waals surface area contributed by atoms with Crippen LogP contribution in [0.1, 0.15) is 18.1 Å². The molecule has 0 aliphatic heterocycles. The van der Waals surface area contributed by atoms with Gasteiger partial charge in [-0.1, -0.05) is 123 Å². The molecule has 0 radical (unpaired) electrons. The second-order valence-electron chi connectivity index (χ2n) is 10.5. The van der Waals surface area contributed by atoms with E-state index in [1.165, 1.54) is 22.3 Å². The van der Waals surface area contributed by atoms with Gasteiger partial charge in [0.05, 0.1) is 0 Å². The van der Waals surface area contributed by atoms with Gasteiger partial charge in [0, 0.05) is 34.1 Å². The van der Waals surface area contributed by atoms with Gasteiger partial charge in [-0.05, 0) is 96.3 Å². The zero-order valence-corrected chi connectivity index (χ0v) is 25.3. The van der Waals surface area contributed by atoms with E-state index >= 15 is 0 Å². The van der Waals surface area contributed by atoms with Gasteiger partial charge in [0.25, 0.3) is 0 Å². The maximum absolute atomic E-state index is 4.29. The summed E-state index contributed by atoms with van der Waals surface area (Å²) < 4.78 is 0. The summed E-state index contributed by atoms with van der Waals surface area (Å²) in [4.78, 5) is 4.32. The standard InChI is InChI=1S/C42H38N2/c1-5-7-15-34(4)44(40-18-12-9-13-19-40)42-30-26-38(27-31-42)37-24-20-35(21-25-37)32-36-22-28-41(29-23-36)43(33(3)14-6-2)39-16-10-8-11-17-39/h5-31H,1,3-4,32H2,2H3/b14-6-,15-7-. The number of hydrogen-bond donors (Lipinski definition) is 0. The highest BCUT2D eigenvalue weighted by atomic mass is 15.1. The van der Waals surface area contributed by atoms with Crippen molar-refractivity contribution in [3.63, 3.8) is 0 Å². The number of allylic oxidation sites excluding steroid dienone is 5. The molecule has 0 saturated carbocycles. The predicted molar refractivity (Wildman–Crippen MR) is 191 cm³/mol. The smallest absolute Gasteiger partial charge is 0.0461 e. The highest BCUT2D eigenvalue weighted by Crippen LogP contribution is 2.33. The van der Waals surface area contributed by atoms with Crippen LogP contribution in [0.4, 0.5) is 22.7 Å². The van der Waals surface area contributed by atoms with Gasteiger partial charge in [-0.2, -0.15) is 0 Å². The molecular weight excluding hydrogens is 532 g/mol. The fourth-order valence-electron chi connectivity index (χ4n) is 5.25. The predicted octanol–water partition coefficient (Wildman–Crippen LogP) is 11.6. The van der Waals surface area contributed by atoms with E-state index in [1.54, 1.807) is 6.08 Å². The summed E-state index contributed by atoms with van der Waals surface area (Å²) in [5, 5.41) is 0. The third kappa shape index (κ3) is 7.24. The lowest BCUT2D eigenvalue weighted by Gasteiger charge is -2.25. The van der Waals surface area contributed by atoms with Crippen LogP contribution in [0.15, 0.2) is 195 Å². The van der Waals surface area contributed by atoms with E-state index in [0.29, 0.717) is 0 Å². The van der Waals surface area contributed by atoms with Crippen molar-refractivity contribution in [1.82, 2.24) is 0 Å². The fourth-order valence-corrected chi connectivity index (χ4v) is 5.25. The summed E-state index contributed by atoms with van der Waals surface area (Å²) in [7, 11) is 0. The Morgan fingerprint density at radius 1 is 0.523 bits per heavy atom. The third-order valence-corrected chi connectivity index (χ3v) is 7.40. The van der Waals surface area contributed by atoms with Crippen molar-refractivity contribution < 1.29 is 0 Å². The first kappa shape index (κ1) is 29.9. The normalized spacial score (nSPS) is 11.0. The van der Waals surface area contributed by atoms with Crippen molar-refractivity contribution in [2.45, 2.75) is 13.3 Å². The molecule has 0 aliphatic rings. The van der Waals surface area contributed by atoms with Crippen molar-refractivity contribution in [3.8, 4) is 11.1 Å².